The Morgan fingerprint density at radius 2 is 1.61 bits per heavy atom. The second kappa shape index (κ2) is 14.9. The minimum Gasteiger partial charge on any atom is -0.490 e. The number of benzene rings is 2. The fraction of sp³-hybridized carbons (Fsp3) is 0.286. The molecule has 0 fully saturated rings. The van der Waals surface area contributed by atoms with Gasteiger partial charge in [-0.15, -0.1) is 0 Å². The number of hydrogen-bond acceptors (Lipinski definition) is 8. The monoisotopic (exact) mass is 490 g/mol. The molecule has 2 unspecified atom stereocenters. The van der Waals surface area contributed by atoms with Gasteiger partial charge in [0.2, 0.25) is 0 Å². The number of pyridine rings is 1. The third kappa shape index (κ3) is 9.58. The second-order valence-corrected chi connectivity index (χ2v) is 7.92. The summed E-state index contributed by atoms with van der Waals surface area (Å²) in [5.74, 6) is -0.604. The molecule has 0 aliphatic heterocycles. The highest BCUT2D eigenvalue weighted by Crippen LogP contribution is 2.15. The minimum atomic E-state index is -1.16. The maximum atomic E-state index is 12.8. The first-order chi connectivity index (χ1) is 17.6. The normalized spacial score (nSPS) is 12.1. The van der Waals surface area contributed by atoms with Gasteiger partial charge in [-0.2, -0.15) is 0 Å². The van der Waals surface area contributed by atoms with Gasteiger partial charge in [-0.3, -0.25) is 9.78 Å². The molecule has 0 saturated carbocycles. The van der Waals surface area contributed by atoms with E-state index in [-0.39, 0.29) is 26.1 Å². The predicted molar refractivity (Wildman–Crippen MR) is 131 cm³/mol. The van der Waals surface area contributed by atoms with Crippen LogP contribution in [0.1, 0.15) is 24.0 Å². The molecule has 2 atom stereocenters. The van der Waals surface area contributed by atoms with E-state index in [1.807, 2.05) is 54.6 Å². The number of rotatable bonds is 15. The summed E-state index contributed by atoms with van der Waals surface area (Å²) in [6, 6.07) is 22.1. The van der Waals surface area contributed by atoms with Gasteiger partial charge < -0.3 is 18.9 Å². The van der Waals surface area contributed by atoms with Crippen LogP contribution in [0.3, 0.4) is 0 Å². The number of carbonyl (C=O) groups excluding carboxylic acids is 3. The van der Waals surface area contributed by atoms with Crippen molar-refractivity contribution < 1.29 is 33.3 Å². The van der Waals surface area contributed by atoms with Crippen molar-refractivity contribution >= 4 is 18.4 Å². The Hall–Kier alpha value is -4.20. The van der Waals surface area contributed by atoms with Crippen molar-refractivity contribution in [2.24, 2.45) is 0 Å². The maximum absolute atomic E-state index is 12.8. The minimum absolute atomic E-state index is 0.0523. The molecule has 3 aromatic rings. The molecule has 0 amide bonds. The van der Waals surface area contributed by atoms with Gasteiger partial charge in [-0.25, -0.2) is 9.59 Å². The molecule has 187 valence electrons. The standard InChI is InChI=1S/C28H28NO7/c30-21-35-26(14-13-23-10-7-15-29-20-23)28(32)36-25(18-22-8-3-1-4-9-22)19-27(31)34-17-16-33-24-11-5-2-6-12-24/h1-12,15,20,25-26H,13-14,16-19H2. The largest absolute Gasteiger partial charge is 0.490 e. The molecule has 8 heteroatoms. The van der Waals surface area contributed by atoms with E-state index in [0.29, 0.717) is 18.6 Å². The highest BCUT2D eigenvalue weighted by atomic mass is 16.6. The molecule has 0 bridgehead atoms. The zero-order chi connectivity index (χ0) is 25.4. The lowest BCUT2D eigenvalue weighted by molar-refractivity contribution is -0.162. The summed E-state index contributed by atoms with van der Waals surface area (Å²) in [4.78, 5) is 40.2. The molecule has 0 saturated heterocycles. The molecule has 0 aliphatic carbocycles. The van der Waals surface area contributed by atoms with Gasteiger partial charge in [0.15, 0.2) is 6.10 Å². The van der Waals surface area contributed by atoms with Crippen molar-refractivity contribution in [2.45, 2.75) is 37.9 Å². The van der Waals surface area contributed by atoms with E-state index in [2.05, 4.69) is 4.98 Å². The Morgan fingerprint density at radius 3 is 2.31 bits per heavy atom. The van der Waals surface area contributed by atoms with Crippen LogP contribution >= 0.6 is 0 Å². The predicted octanol–water partition coefficient (Wildman–Crippen LogP) is 3.63. The zero-order valence-corrected chi connectivity index (χ0v) is 19.8. The van der Waals surface area contributed by atoms with Crippen LogP contribution in [-0.4, -0.2) is 48.8 Å². The Labute approximate surface area is 210 Å². The Kier molecular flexibility index (Phi) is 11.0. The molecule has 0 spiro atoms. The topological polar surface area (TPSA) is 101 Å². The summed E-state index contributed by atoms with van der Waals surface area (Å²) in [7, 11) is 0. The first-order valence-electron chi connectivity index (χ1n) is 11.6. The summed E-state index contributed by atoms with van der Waals surface area (Å²) in [5.41, 5.74) is 1.76. The summed E-state index contributed by atoms with van der Waals surface area (Å²) in [6.07, 6.45) is 2.12. The van der Waals surface area contributed by atoms with Gasteiger partial charge in [-0.05, 0) is 42.2 Å². The lowest BCUT2D eigenvalue weighted by atomic mass is 10.1. The number of esters is 2. The molecule has 8 nitrogen and oxygen atoms in total. The average molecular weight is 491 g/mol. The lowest BCUT2D eigenvalue weighted by Gasteiger charge is -2.21. The van der Waals surface area contributed by atoms with E-state index in [4.69, 9.17) is 18.9 Å². The fourth-order valence-corrected chi connectivity index (χ4v) is 3.48. The van der Waals surface area contributed by atoms with Crippen molar-refractivity contribution in [2.75, 3.05) is 13.2 Å². The smallest absolute Gasteiger partial charge is 0.418 e. The second-order valence-electron chi connectivity index (χ2n) is 7.92. The van der Waals surface area contributed by atoms with E-state index in [1.165, 1.54) is 6.47 Å². The van der Waals surface area contributed by atoms with E-state index in [1.54, 1.807) is 30.6 Å². The van der Waals surface area contributed by atoms with Gasteiger partial charge in [0.1, 0.15) is 25.1 Å². The number of carbonyl (C=O) groups is 2. The van der Waals surface area contributed by atoms with Crippen LogP contribution in [0.15, 0.2) is 85.2 Å². The number of aryl methyl sites for hydroxylation is 1. The van der Waals surface area contributed by atoms with Gasteiger partial charge in [0.25, 0.3) is 0 Å². The first-order valence-corrected chi connectivity index (χ1v) is 11.6. The van der Waals surface area contributed by atoms with E-state index < -0.39 is 24.1 Å². The van der Waals surface area contributed by atoms with Crippen LogP contribution in [0.5, 0.6) is 5.75 Å². The first kappa shape index (κ1) is 26.4. The third-order valence-corrected chi connectivity index (χ3v) is 5.21. The van der Waals surface area contributed by atoms with E-state index in [0.717, 1.165) is 11.1 Å². The van der Waals surface area contributed by atoms with Gasteiger partial charge >= 0.3 is 18.4 Å². The lowest BCUT2D eigenvalue weighted by Crippen LogP contribution is -2.33. The summed E-state index contributed by atoms with van der Waals surface area (Å²) >= 11 is 0. The van der Waals surface area contributed by atoms with Crippen molar-refractivity contribution in [3.8, 4) is 5.75 Å². The fourth-order valence-electron chi connectivity index (χ4n) is 3.48. The molecular formula is C28H28NO7. The van der Waals surface area contributed by atoms with Crippen LogP contribution < -0.4 is 4.74 Å². The van der Waals surface area contributed by atoms with Crippen LogP contribution in [0, 0.1) is 0 Å². The quantitative estimate of drug-likeness (QED) is 0.181. The van der Waals surface area contributed by atoms with Gasteiger partial charge in [-0.1, -0.05) is 54.6 Å². The van der Waals surface area contributed by atoms with Crippen molar-refractivity contribution in [1.29, 1.82) is 0 Å². The molecule has 3 rings (SSSR count). The van der Waals surface area contributed by atoms with Crippen molar-refractivity contribution in [3.63, 3.8) is 0 Å². The Balaban J connectivity index is 1.55. The number of aromatic nitrogens is 1. The molecule has 36 heavy (non-hydrogen) atoms. The summed E-state index contributed by atoms with van der Waals surface area (Å²) in [6.45, 7) is 1.57. The van der Waals surface area contributed by atoms with Crippen molar-refractivity contribution in [1.82, 2.24) is 4.98 Å². The molecule has 1 radical (unpaired) electrons. The third-order valence-electron chi connectivity index (χ3n) is 5.21. The van der Waals surface area contributed by atoms with Crippen LogP contribution in [0.25, 0.3) is 0 Å². The molecule has 1 heterocycles. The molecule has 0 aliphatic rings. The highest BCUT2D eigenvalue weighted by molar-refractivity contribution is 5.77. The summed E-state index contributed by atoms with van der Waals surface area (Å²) < 4.78 is 21.3. The van der Waals surface area contributed by atoms with Crippen molar-refractivity contribution in [3.05, 3.63) is 96.3 Å². The maximum Gasteiger partial charge on any atom is 0.418 e. The van der Waals surface area contributed by atoms with Gasteiger partial charge in [0.05, 0.1) is 6.42 Å². The van der Waals surface area contributed by atoms with Crippen LogP contribution in [0.4, 0.5) is 0 Å². The van der Waals surface area contributed by atoms with Crippen LogP contribution in [-0.2, 0) is 41.4 Å². The highest BCUT2D eigenvalue weighted by Gasteiger charge is 2.27. The molecule has 1 aromatic heterocycles. The zero-order valence-electron chi connectivity index (χ0n) is 19.8. The number of ether oxygens (including phenoxy) is 4. The average Bonchev–Trinajstić information content (AvgIpc) is 2.90. The molecule has 0 N–H and O–H groups in total. The van der Waals surface area contributed by atoms with E-state index >= 15 is 0 Å². The summed E-state index contributed by atoms with van der Waals surface area (Å²) in [5, 5.41) is 0. The molecule has 2 aromatic carbocycles. The number of hydrogen-bond donors (Lipinski definition) is 0. The van der Waals surface area contributed by atoms with Crippen LogP contribution in [0.2, 0.25) is 0 Å². The van der Waals surface area contributed by atoms with Gasteiger partial charge in [0, 0.05) is 18.8 Å². The SMILES string of the molecule is O=[C]OC(CCc1cccnc1)C(=O)OC(CC(=O)OCCOc1ccccc1)Cc1ccccc1. The number of para-hydroxylation sites is 1. The Morgan fingerprint density at radius 1 is 0.889 bits per heavy atom. The number of nitrogens with zero attached hydrogens (tertiary/aromatic N) is 1. The molecular weight excluding hydrogens is 462 g/mol. The Bertz CT molecular complexity index is 1060. The van der Waals surface area contributed by atoms with E-state index in [9.17, 15) is 14.4 Å².